The third-order valence-electron chi connectivity index (χ3n) is 5.28. The molecule has 2 aliphatic heterocycles. The van der Waals surface area contributed by atoms with Crippen molar-refractivity contribution in [1.82, 2.24) is 25.0 Å². The van der Waals surface area contributed by atoms with Crippen LogP contribution >= 0.6 is 0 Å². The number of halogens is 1. The molecular formula is C19H24FN5O. The van der Waals surface area contributed by atoms with Crippen molar-refractivity contribution < 1.29 is 9.18 Å². The molecule has 1 saturated heterocycles. The van der Waals surface area contributed by atoms with Crippen LogP contribution in [0.3, 0.4) is 0 Å². The third-order valence-corrected chi connectivity index (χ3v) is 5.28. The fourth-order valence-corrected chi connectivity index (χ4v) is 4.09. The van der Waals surface area contributed by atoms with Gasteiger partial charge in [-0.05, 0) is 43.4 Å². The maximum absolute atomic E-state index is 13.1. The first-order valence-corrected chi connectivity index (χ1v) is 9.19. The molecule has 138 valence electrons. The van der Waals surface area contributed by atoms with Gasteiger partial charge in [0.05, 0.1) is 0 Å². The SMILES string of the molecule is CC(C)NC(=O)c1nnc2n1CC1CN(Cc3ccc(F)cc3)CC1C2. The Morgan fingerprint density at radius 2 is 1.92 bits per heavy atom. The van der Waals surface area contributed by atoms with Crippen LogP contribution in [0.4, 0.5) is 4.39 Å². The van der Waals surface area contributed by atoms with Crippen LogP contribution in [0, 0.1) is 17.7 Å². The highest BCUT2D eigenvalue weighted by Crippen LogP contribution is 2.33. The van der Waals surface area contributed by atoms with Gasteiger partial charge in [-0.15, -0.1) is 10.2 Å². The van der Waals surface area contributed by atoms with E-state index in [1.807, 2.05) is 30.5 Å². The van der Waals surface area contributed by atoms with Crippen molar-refractivity contribution in [2.24, 2.45) is 11.8 Å². The van der Waals surface area contributed by atoms with Gasteiger partial charge in [0.25, 0.3) is 5.91 Å². The zero-order valence-electron chi connectivity index (χ0n) is 15.2. The van der Waals surface area contributed by atoms with Gasteiger partial charge < -0.3 is 9.88 Å². The van der Waals surface area contributed by atoms with E-state index in [2.05, 4.69) is 20.4 Å². The molecule has 26 heavy (non-hydrogen) atoms. The largest absolute Gasteiger partial charge is 0.347 e. The second-order valence-corrected chi connectivity index (χ2v) is 7.72. The number of hydrogen-bond donors (Lipinski definition) is 1. The molecule has 4 rings (SSSR count). The van der Waals surface area contributed by atoms with Crippen LogP contribution in [0.5, 0.6) is 0 Å². The first kappa shape index (κ1) is 17.1. The van der Waals surface area contributed by atoms with Crippen LogP contribution < -0.4 is 5.32 Å². The molecule has 0 bridgehead atoms. The Kier molecular flexibility index (Phi) is 4.48. The molecule has 0 aliphatic carbocycles. The van der Waals surface area contributed by atoms with Crippen LogP contribution in [0.1, 0.15) is 35.9 Å². The average molecular weight is 357 g/mol. The summed E-state index contributed by atoms with van der Waals surface area (Å²) in [6.45, 7) is 7.47. The second-order valence-electron chi connectivity index (χ2n) is 7.72. The van der Waals surface area contributed by atoms with Gasteiger partial charge in [0, 0.05) is 38.6 Å². The van der Waals surface area contributed by atoms with Crippen molar-refractivity contribution in [1.29, 1.82) is 0 Å². The number of amides is 1. The Labute approximate surface area is 152 Å². The van der Waals surface area contributed by atoms with E-state index < -0.39 is 0 Å². The number of benzene rings is 1. The van der Waals surface area contributed by atoms with Gasteiger partial charge in [-0.2, -0.15) is 0 Å². The van der Waals surface area contributed by atoms with Gasteiger partial charge in [-0.25, -0.2) is 4.39 Å². The van der Waals surface area contributed by atoms with E-state index in [1.54, 1.807) is 0 Å². The second kappa shape index (κ2) is 6.79. The molecule has 2 aromatic rings. The fourth-order valence-electron chi connectivity index (χ4n) is 4.09. The number of rotatable bonds is 4. The summed E-state index contributed by atoms with van der Waals surface area (Å²) in [6, 6.07) is 6.80. The van der Waals surface area contributed by atoms with E-state index in [0.717, 1.165) is 44.0 Å². The number of carbonyl (C=O) groups excluding carboxylic acids is 1. The van der Waals surface area contributed by atoms with E-state index in [4.69, 9.17) is 0 Å². The quantitative estimate of drug-likeness (QED) is 0.907. The van der Waals surface area contributed by atoms with Crippen LogP contribution in [0.15, 0.2) is 24.3 Å². The normalized spacial score (nSPS) is 22.3. The van der Waals surface area contributed by atoms with Crippen molar-refractivity contribution in [2.75, 3.05) is 13.1 Å². The molecule has 3 heterocycles. The lowest BCUT2D eigenvalue weighted by molar-refractivity contribution is 0.0924. The number of fused-ring (bicyclic) bond motifs is 2. The van der Waals surface area contributed by atoms with Crippen molar-refractivity contribution in [2.45, 2.75) is 39.4 Å². The standard InChI is InChI=1S/C19H24FN5O/c1-12(2)21-19(26)18-23-22-17-7-14-9-24(10-15(14)11-25(17)18)8-13-3-5-16(20)6-4-13/h3-6,12,14-15H,7-11H2,1-2H3,(H,21,26). The summed E-state index contributed by atoms with van der Waals surface area (Å²) in [7, 11) is 0. The lowest BCUT2D eigenvalue weighted by Gasteiger charge is -2.25. The molecule has 7 heteroatoms. The van der Waals surface area contributed by atoms with E-state index in [-0.39, 0.29) is 17.8 Å². The third kappa shape index (κ3) is 3.35. The highest BCUT2D eigenvalue weighted by atomic mass is 19.1. The number of nitrogens with zero attached hydrogens (tertiary/aromatic N) is 4. The van der Waals surface area contributed by atoms with Gasteiger partial charge in [-0.1, -0.05) is 12.1 Å². The van der Waals surface area contributed by atoms with Gasteiger partial charge in [-0.3, -0.25) is 9.69 Å². The van der Waals surface area contributed by atoms with E-state index in [9.17, 15) is 9.18 Å². The maximum Gasteiger partial charge on any atom is 0.289 e. The predicted octanol–water partition coefficient (Wildman–Crippen LogP) is 1.86. The summed E-state index contributed by atoms with van der Waals surface area (Å²) in [5, 5.41) is 11.3. The van der Waals surface area contributed by atoms with Crippen LogP contribution in [0.2, 0.25) is 0 Å². The number of likely N-dealkylation sites (tertiary alicyclic amines) is 1. The van der Waals surface area contributed by atoms with Crippen LogP contribution in [-0.4, -0.2) is 44.7 Å². The first-order chi connectivity index (χ1) is 12.5. The van der Waals surface area contributed by atoms with Gasteiger partial charge >= 0.3 is 0 Å². The minimum atomic E-state index is -0.200. The Hall–Kier alpha value is -2.28. The summed E-state index contributed by atoms with van der Waals surface area (Å²) in [4.78, 5) is 14.8. The Morgan fingerprint density at radius 1 is 1.19 bits per heavy atom. The predicted molar refractivity (Wildman–Crippen MR) is 95.0 cm³/mol. The highest BCUT2D eigenvalue weighted by molar-refractivity contribution is 5.90. The van der Waals surface area contributed by atoms with E-state index >= 15 is 0 Å². The van der Waals surface area contributed by atoms with Crippen molar-refractivity contribution in [3.05, 3.63) is 47.3 Å². The van der Waals surface area contributed by atoms with E-state index in [0.29, 0.717) is 17.7 Å². The van der Waals surface area contributed by atoms with Gasteiger partial charge in [0.2, 0.25) is 5.82 Å². The molecular weight excluding hydrogens is 333 g/mol. The molecule has 1 N–H and O–H groups in total. The highest BCUT2D eigenvalue weighted by Gasteiger charge is 2.39. The summed E-state index contributed by atoms with van der Waals surface area (Å²) >= 11 is 0. The molecule has 2 aliphatic rings. The smallest absolute Gasteiger partial charge is 0.289 e. The number of carbonyl (C=O) groups is 1. The summed E-state index contributed by atoms with van der Waals surface area (Å²) in [6.07, 6.45) is 0.854. The summed E-state index contributed by atoms with van der Waals surface area (Å²) < 4.78 is 15.1. The van der Waals surface area contributed by atoms with Crippen molar-refractivity contribution >= 4 is 5.91 Å². The summed E-state index contributed by atoms with van der Waals surface area (Å²) in [5.74, 6) is 2.00. The Bertz CT molecular complexity index is 801. The zero-order chi connectivity index (χ0) is 18.3. The minimum absolute atomic E-state index is 0.0736. The number of nitrogens with one attached hydrogen (secondary N) is 1. The van der Waals surface area contributed by atoms with Gasteiger partial charge in [0.15, 0.2) is 0 Å². The number of hydrogen-bond acceptors (Lipinski definition) is 4. The molecule has 0 radical (unpaired) electrons. The zero-order valence-corrected chi connectivity index (χ0v) is 15.2. The van der Waals surface area contributed by atoms with Crippen molar-refractivity contribution in [3.8, 4) is 0 Å². The molecule has 2 unspecified atom stereocenters. The molecule has 2 atom stereocenters. The average Bonchev–Trinajstić information content (AvgIpc) is 3.16. The molecule has 0 spiro atoms. The fraction of sp³-hybridized carbons (Fsp3) is 0.526. The lowest BCUT2D eigenvalue weighted by Crippen LogP contribution is -2.35. The minimum Gasteiger partial charge on any atom is -0.347 e. The van der Waals surface area contributed by atoms with Gasteiger partial charge in [0.1, 0.15) is 11.6 Å². The Morgan fingerprint density at radius 3 is 2.65 bits per heavy atom. The first-order valence-electron chi connectivity index (χ1n) is 9.19. The maximum atomic E-state index is 13.1. The monoisotopic (exact) mass is 357 g/mol. The molecule has 1 amide bonds. The van der Waals surface area contributed by atoms with E-state index in [1.165, 1.54) is 12.1 Å². The Balaban J connectivity index is 1.44. The van der Waals surface area contributed by atoms with Crippen LogP contribution in [0.25, 0.3) is 0 Å². The topological polar surface area (TPSA) is 63.1 Å². The summed E-state index contributed by atoms with van der Waals surface area (Å²) in [5.41, 5.74) is 1.13. The molecule has 0 saturated carbocycles. The molecule has 1 aromatic heterocycles. The van der Waals surface area contributed by atoms with Crippen molar-refractivity contribution in [3.63, 3.8) is 0 Å². The van der Waals surface area contributed by atoms with Crippen LogP contribution in [-0.2, 0) is 19.5 Å². The lowest BCUT2D eigenvalue weighted by atomic mass is 9.89. The molecule has 1 fully saturated rings. The number of aromatic nitrogens is 3. The molecule has 6 nitrogen and oxygen atoms in total. The molecule has 1 aromatic carbocycles.